The largest absolute Gasteiger partial charge is 0.493 e. The Balaban J connectivity index is 2.17. The quantitative estimate of drug-likeness (QED) is 0.679. The Hall–Kier alpha value is -2.70. The zero-order valence-corrected chi connectivity index (χ0v) is 10.8. The molecule has 0 atom stereocenters. The van der Waals surface area contributed by atoms with Crippen LogP contribution in [0.5, 0.6) is 5.75 Å². The van der Waals surface area contributed by atoms with E-state index in [1.165, 1.54) is 6.33 Å². The van der Waals surface area contributed by atoms with Gasteiger partial charge in [-0.05, 0) is 23.8 Å². The van der Waals surface area contributed by atoms with Crippen molar-refractivity contribution in [1.82, 2.24) is 9.97 Å². The molecule has 0 amide bonds. The van der Waals surface area contributed by atoms with Crippen molar-refractivity contribution >= 4 is 11.5 Å². The normalized spacial score (nSPS) is 12.7. The van der Waals surface area contributed by atoms with Crippen molar-refractivity contribution in [2.24, 2.45) is 0 Å². The smallest absolute Gasteiger partial charge is 0.337 e. The van der Waals surface area contributed by atoms with Crippen molar-refractivity contribution in [3.05, 3.63) is 40.2 Å². The molecule has 3 rings (SSSR count). The molecule has 7 heteroatoms. The molecule has 2 heterocycles. The van der Waals surface area contributed by atoms with Gasteiger partial charge >= 0.3 is 5.69 Å². The second kappa shape index (κ2) is 4.76. The molecule has 0 unspecified atom stereocenters. The molecule has 20 heavy (non-hydrogen) atoms. The van der Waals surface area contributed by atoms with Gasteiger partial charge in [-0.15, -0.1) is 0 Å². The maximum absolute atomic E-state index is 11.3. The van der Waals surface area contributed by atoms with Crippen molar-refractivity contribution in [3.8, 4) is 17.0 Å². The molecule has 0 spiro atoms. The van der Waals surface area contributed by atoms with Gasteiger partial charge in [0.2, 0.25) is 5.82 Å². The van der Waals surface area contributed by atoms with Crippen LogP contribution in [-0.2, 0) is 6.42 Å². The van der Waals surface area contributed by atoms with Gasteiger partial charge in [-0.3, -0.25) is 10.1 Å². The molecule has 1 aromatic carbocycles. The summed E-state index contributed by atoms with van der Waals surface area (Å²) >= 11 is 0. The van der Waals surface area contributed by atoms with E-state index < -0.39 is 4.92 Å². The minimum absolute atomic E-state index is 0.117. The first kappa shape index (κ1) is 12.3. The van der Waals surface area contributed by atoms with E-state index in [0.717, 1.165) is 17.7 Å². The molecule has 1 aromatic heterocycles. The lowest BCUT2D eigenvalue weighted by Gasteiger charge is -2.07. The van der Waals surface area contributed by atoms with Crippen LogP contribution in [0, 0.1) is 10.1 Å². The highest BCUT2D eigenvalue weighted by atomic mass is 16.6. The predicted molar refractivity (Wildman–Crippen MR) is 72.9 cm³/mol. The van der Waals surface area contributed by atoms with Gasteiger partial charge < -0.3 is 10.1 Å². The first-order valence-corrected chi connectivity index (χ1v) is 6.14. The summed E-state index contributed by atoms with van der Waals surface area (Å²) in [6, 6.07) is 5.48. The fraction of sp³-hybridized carbons (Fsp3) is 0.231. The maximum atomic E-state index is 11.3. The van der Waals surface area contributed by atoms with E-state index in [1.54, 1.807) is 13.1 Å². The van der Waals surface area contributed by atoms with Gasteiger partial charge in [0.05, 0.1) is 11.5 Å². The molecule has 0 saturated heterocycles. The number of anilines is 1. The molecule has 1 aliphatic heterocycles. The molecule has 0 aliphatic carbocycles. The number of nitrogens with zero attached hydrogens (tertiary/aromatic N) is 3. The molecule has 1 aliphatic rings. The van der Waals surface area contributed by atoms with Crippen LogP contribution >= 0.6 is 0 Å². The van der Waals surface area contributed by atoms with Crippen LogP contribution in [0.2, 0.25) is 0 Å². The average Bonchev–Trinajstić information content (AvgIpc) is 2.93. The van der Waals surface area contributed by atoms with Crippen molar-refractivity contribution in [2.45, 2.75) is 6.42 Å². The van der Waals surface area contributed by atoms with E-state index in [2.05, 4.69) is 15.3 Å². The van der Waals surface area contributed by atoms with Crippen LogP contribution in [0.1, 0.15) is 5.56 Å². The van der Waals surface area contributed by atoms with E-state index in [0.29, 0.717) is 17.9 Å². The number of hydrogen-bond donors (Lipinski definition) is 1. The van der Waals surface area contributed by atoms with Gasteiger partial charge in [0.15, 0.2) is 5.69 Å². The Morgan fingerprint density at radius 3 is 3.00 bits per heavy atom. The molecular weight excluding hydrogens is 260 g/mol. The Kier molecular flexibility index (Phi) is 2.94. The maximum Gasteiger partial charge on any atom is 0.337 e. The molecule has 0 fully saturated rings. The Labute approximate surface area is 114 Å². The van der Waals surface area contributed by atoms with Gasteiger partial charge in [-0.1, -0.05) is 0 Å². The van der Waals surface area contributed by atoms with Crippen LogP contribution in [-0.4, -0.2) is 28.5 Å². The number of rotatable bonds is 3. The highest BCUT2D eigenvalue weighted by Crippen LogP contribution is 2.35. The fourth-order valence-electron chi connectivity index (χ4n) is 2.28. The molecule has 7 nitrogen and oxygen atoms in total. The molecule has 0 radical (unpaired) electrons. The van der Waals surface area contributed by atoms with E-state index >= 15 is 0 Å². The minimum atomic E-state index is -0.467. The standard InChI is InChI=1S/C13H12N4O3/c1-14-13-12(17(18)19)11(15-7-16-13)9-2-3-10-8(6-9)4-5-20-10/h2-3,6-7H,4-5H2,1H3,(H,14,15,16). The van der Waals surface area contributed by atoms with E-state index in [-0.39, 0.29) is 11.5 Å². The number of aromatic nitrogens is 2. The van der Waals surface area contributed by atoms with Gasteiger partial charge in [-0.2, -0.15) is 0 Å². The van der Waals surface area contributed by atoms with E-state index in [4.69, 9.17) is 4.74 Å². The third-order valence-electron chi connectivity index (χ3n) is 3.20. The van der Waals surface area contributed by atoms with Crippen LogP contribution in [0.15, 0.2) is 24.5 Å². The lowest BCUT2D eigenvalue weighted by Crippen LogP contribution is -2.03. The number of nitro groups is 1. The number of nitrogens with one attached hydrogen (secondary N) is 1. The summed E-state index contributed by atoms with van der Waals surface area (Å²) in [4.78, 5) is 18.8. The zero-order chi connectivity index (χ0) is 14.1. The van der Waals surface area contributed by atoms with Crippen LogP contribution < -0.4 is 10.1 Å². The van der Waals surface area contributed by atoms with Crippen LogP contribution in [0.3, 0.4) is 0 Å². The molecule has 2 aromatic rings. The SMILES string of the molecule is CNc1ncnc(-c2ccc3c(c2)CCO3)c1[N+](=O)[O-]. The highest BCUT2D eigenvalue weighted by molar-refractivity contribution is 5.77. The monoisotopic (exact) mass is 272 g/mol. The van der Waals surface area contributed by atoms with Gasteiger partial charge in [0.1, 0.15) is 12.1 Å². The summed E-state index contributed by atoms with van der Waals surface area (Å²) in [7, 11) is 1.59. The average molecular weight is 272 g/mol. The van der Waals surface area contributed by atoms with Crippen LogP contribution in [0.25, 0.3) is 11.3 Å². The predicted octanol–water partition coefficient (Wildman–Crippen LogP) is 2.03. The summed E-state index contributed by atoms with van der Waals surface area (Å²) in [5.41, 5.74) is 1.93. The summed E-state index contributed by atoms with van der Waals surface area (Å²) in [6.45, 7) is 0.645. The Morgan fingerprint density at radius 2 is 2.25 bits per heavy atom. The number of ether oxygens (including phenoxy) is 1. The number of hydrogen-bond acceptors (Lipinski definition) is 6. The molecule has 1 N–H and O–H groups in total. The van der Waals surface area contributed by atoms with Crippen molar-refractivity contribution in [3.63, 3.8) is 0 Å². The second-order valence-corrected chi connectivity index (χ2v) is 4.35. The van der Waals surface area contributed by atoms with Gasteiger partial charge in [0, 0.05) is 19.0 Å². The van der Waals surface area contributed by atoms with Gasteiger partial charge in [0.25, 0.3) is 0 Å². The molecular formula is C13H12N4O3. The number of fused-ring (bicyclic) bond motifs is 1. The lowest BCUT2D eigenvalue weighted by atomic mass is 10.0. The van der Waals surface area contributed by atoms with Crippen LogP contribution in [0.4, 0.5) is 11.5 Å². The highest BCUT2D eigenvalue weighted by Gasteiger charge is 2.24. The Bertz CT molecular complexity index is 687. The number of benzene rings is 1. The molecule has 102 valence electrons. The van der Waals surface area contributed by atoms with E-state index in [9.17, 15) is 10.1 Å². The first-order valence-electron chi connectivity index (χ1n) is 6.14. The first-order chi connectivity index (χ1) is 9.70. The van der Waals surface area contributed by atoms with Gasteiger partial charge in [-0.25, -0.2) is 9.97 Å². The zero-order valence-electron chi connectivity index (χ0n) is 10.8. The molecule has 0 bridgehead atoms. The third kappa shape index (κ3) is 1.93. The third-order valence-corrected chi connectivity index (χ3v) is 3.20. The summed E-state index contributed by atoms with van der Waals surface area (Å²) < 4.78 is 5.43. The topological polar surface area (TPSA) is 90.2 Å². The van der Waals surface area contributed by atoms with Crippen molar-refractivity contribution in [2.75, 3.05) is 19.0 Å². The summed E-state index contributed by atoms with van der Waals surface area (Å²) in [5.74, 6) is 1.04. The van der Waals surface area contributed by atoms with Crippen molar-refractivity contribution in [1.29, 1.82) is 0 Å². The second-order valence-electron chi connectivity index (χ2n) is 4.35. The van der Waals surface area contributed by atoms with Crippen molar-refractivity contribution < 1.29 is 9.66 Å². The molecule has 0 saturated carbocycles. The Morgan fingerprint density at radius 1 is 1.40 bits per heavy atom. The minimum Gasteiger partial charge on any atom is -0.493 e. The summed E-state index contributed by atoms with van der Waals surface area (Å²) in [6.07, 6.45) is 2.12. The fourth-order valence-corrected chi connectivity index (χ4v) is 2.28. The lowest BCUT2D eigenvalue weighted by molar-refractivity contribution is -0.383. The van der Waals surface area contributed by atoms with E-state index in [1.807, 2.05) is 12.1 Å². The summed E-state index contributed by atoms with van der Waals surface area (Å²) in [5, 5.41) is 14.0.